The molecule has 0 amide bonds. The van der Waals surface area contributed by atoms with Gasteiger partial charge in [0, 0.05) is 5.56 Å². The molecule has 1 saturated carbocycles. The molecule has 0 bridgehead atoms. The Balaban J connectivity index is 2.43. The first-order valence-corrected chi connectivity index (χ1v) is 4.70. The van der Waals surface area contributed by atoms with Crippen LogP contribution in [0.15, 0.2) is 18.2 Å². The monoisotopic (exact) mass is 178 g/mol. The zero-order chi connectivity index (χ0) is 9.47. The Bertz CT molecular complexity index is 327. The van der Waals surface area contributed by atoms with Gasteiger partial charge in [-0.3, -0.25) is 0 Å². The van der Waals surface area contributed by atoms with Crippen molar-refractivity contribution in [3.05, 3.63) is 29.3 Å². The van der Waals surface area contributed by atoms with Crippen molar-refractivity contribution in [2.75, 3.05) is 0 Å². The molecule has 0 heterocycles. The molecule has 13 heavy (non-hydrogen) atoms. The van der Waals surface area contributed by atoms with Crippen molar-refractivity contribution in [2.45, 2.75) is 31.8 Å². The van der Waals surface area contributed by atoms with Gasteiger partial charge in [-0.1, -0.05) is 13.0 Å². The van der Waals surface area contributed by atoms with Crippen molar-refractivity contribution >= 4 is 0 Å². The first-order valence-electron chi connectivity index (χ1n) is 4.70. The molecule has 2 N–H and O–H groups in total. The summed E-state index contributed by atoms with van der Waals surface area (Å²) in [4.78, 5) is 0. The van der Waals surface area contributed by atoms with Crippen molar-refractivity contribution in [3.63, 3.8) is 0 Å². The number of hydrogen-bond acceptors (Lipinski definition) is 2. The Morgan fingerprint density at radius 3 is 2.62 bits per heavy atom. The number of aryl methyl sites for hydroxylation is 1. The number of rotatable bonds is 2. The summed E-state index contributed by atoms with van der Waals surface area (Å²) in [6.07, 6.45) is 2.48. The normalized spacial score (nSPS) is 18.6. The summed E-state index contributed by atoms with van der Waals surface area (Å²) in [6.45, 7) is 2.06. The van der Waals surface area contributed by atoms with E-state index >= 15 is 0 Å². The smallest absolute Gasteiger partial charge is 0.121 e. The number of benzene rings is 1. The molecule has 2 nitrogen and oxygen atoms in total. The fraction of sp³-hybridized carbons (Fsp3) is 0.455. The van der Waals surface area contributed by atoms with Gasteiger partial charge in [-0.05, 0) is 37.0 Å². The van der Waals surface area contributed by atoms with E-state index in [1.54, 1.807) is 6.07 Å². The highest BCUT2D eigenvalue weighted by Gasteiger charge is 2.43. The van der Waals surface area contributed by atoms with Gasteiger partial charge in [0.1, 0.15) is 5.75 Å². The Morgan fingerprint density at radius 2 is 2.08 bits per heavy atom. The van der Waals surface area contributed by atoms with Crippen molar-refractivity contribution in [1.82, 2.24) is 0 Å². The molecule has 2 heteroatoms. The molecule has 0 atom stereocenters. The lowest BCUT2D eigenvalue weighted by Gasteiger charge is -2.11. The summed E-state index contributed by atoms with van der Waals surface area (Å²) in [7, 11) is 0. The van der Waals surface area contributed by atoms with Crippen LogP contribution in [0.5, 0.6) is 5.75 Å². The molecule has 0 saturated heterocycles. The topological polar surface area (TPSA) is 40.5 Å². The maximum atomic E-state index is 9.84. The first-order chi connectivity index (χ1) is 6.15. The molecule has 1 fully saturated rings. The lowest BCUT2D eigenvalue weighted by Crippen LogP contribution is -2.05. The van der Waals surface area contributed by atoms with Gasteiger partial charge in [0.05, 0.1) is 5.60 Å². The van der Waals surface area contributed by atoms with E-state index in [1.807, 2.05) is 12.1 Å². The molecule has 1 aromatic carbocycles. The predicted molar refractivity (Wildman–Crippen MR) is 50.6 cm³/mol. The van der Waals surface area contributed by atoms with Gasteiger partial charge in [0.15, 0.2) is 0 Å². The van der Waals surface area contributed by atoms with Crippen molar-refractivity contribution in [3.8, 4) is 5.75 Å². The minimum absolute atomic E-state index is 0.220. The highest BCUT2D eigenvalue weighted by Crippen LogP contribution is 2.48. The molecular formula is C11H14O2. The van der Waals surface area contributed by atoms with Crippen molar-refractivity contribution in [1.29, 1.82) is 0 Å². The van der Waals surface area contributed by atoms with Gasteiger partial charge in [0.2, 0.25) is 0 Å². The second kappa shape index (κ2) is 2.74. The maximum absolute atomic E-state index is 9.84. The fourth-order valence-electron chi connectivity index (χ4n) is 1.56. The highest BCUT2D eigenvalue weighted by atomic mass is 16.3. The fourth-order valence-corrected chi connectivity index (χ4v) is 1.56. The van der Waals surface area contributed by atoms with Crippen LogP contribution in [0.3, 0.4) is 0 Å². The third-order valence-electron chi connectivity index (χ3n) is 2.69. The van der Waals surface area contributed by atoms with Crippen LogP contribution in [-0.4, -0.2) is 10.2 Å². The summed E-state index contributed by atoms with van der Waals surface area (Å²) in [6, 6.07) is 5.47. The van der Waals surface area contributed by atoms with E-state index < -0.39 is 5.60 Å². The average molecular weight is 178 g/mol. The van der Waals surface area contributed by atoms with Gasteiger partial charge in [-0.25, -0.2) is 0 Å². The number of phenols is 1. The highest BCUT2D eigenvalue weighted by molar-refractivity contribution is 5.42. The van der Waals surface area contributed by atoms with Crippen LogP contribution in [0.4, 0.5) is 0 Å². The SMILES string of the molecule is CCc1ccc(O)c(C2(O)CC2)c1. The number of aliphatic hydroxyl groups is 1. The van der Waals surface area contributed by atoms with E-state index in [-0.39, 0.29) is 5.75 Å². The lowest BCUT2D eigenvalue weighted by atomic mass is 10.0. The minimum atomic E-state index is -0.727. The van der Waals surface area contributed by atoms with Gasteiger partial charge >= 0.3 is 0 Å². The van der Waals surface area contributed by atoms with E-state index in [9.17, 15) is 10.2 Å². The average Bonchev–Trinajstić information content (AvgIpc) is 2.86. The third kappa shape index (κ3) is 1.42. The molecule has 0 aliphatic heterocycles. The third-order valence-corrected chi connectivity index (χ3v) is 2.69. The summed E-state index contributed by atoms with van der Waals surface area (Å²) in [5.41, 5.74) is 1.13. The number of hydrogen-bond donors (Lipinski definition) is 2. The molecule has 70 valence electrons. The number of aromatic hydroxyl groups is 1. The Hall–Kier alpha value is -1.02. The molecule has 0 aromatic heterocycles. The van der Waals surface area contributed by atoms with Gasteiger partial charge in [-0.15, -0.1) is 0 Å². The second-order valence-corrected chi connectivity index (χ2v) is 3.74. The predicted octanol–water partition coefficient (Wildman–Crippen LogP) is 1.94. The zero-order valence-electron chi connectivity index (χ0n) is 7.75. The lowest BCUT2D eigenvalue weighted by molar-refractivity contribution is 0.147. The van der Waals surface area contributed by atoms with E-state index in [4.69, 9.17) is 0 Å². The zero-order valence-corrected chi connectivity index (χ0v) is 7.75. The molecule has 0 radical (unpaired) electrons. The Morgan fingerprint density at radius 1 is 1.38 bits per heavy atom. The van der Waals surface area contributed by atoms with Crippen LogP contribution < -0.4 is 0 Å². The van der Waals surface area contributed by atoms with Crippen LogP contribution in [0.25, 0.3) is 0 Å². The van der Waals surface area contributed by atoms with Crippen molar-refractivity contribution in [2.24, 2.45) is 0 Å². The molecule has 1 aromatic rings. The van der Waals surface area contributed by atoms with E-state index in [2.05, 4.69) is 6.92 Å². The first kappa shape index (κ1) is 8.57. The molecular weight excluding hydrogens is 164 g/mol. The quantitative estimate of drug-likeness (QED) is 0.726. The van der Waals surface area contributed by atoms with Crippen LogP contribution in [0.1, 0.15) is 30.9 Å². The van der Waals surface area contributed by atoms with E-state index in [0.717, 1.165) is 24.8 Å². The molecule has 1 aliphatic rings. The summed E-state index contributed by atoms with van der Waals surface area (Å²) >= 11 is 0. The van der Waals surface area contributed by atoms with Gasteiger partial charge in [-0.2, -0.15) is 0 Å². The van der Waals surface area contributed by atoms with Crippen molar-refractivity contribution < 1.29 is 10.2 Å². The van der Waals surface area contributed by atoms with Gasteiger partial charge in [0.25, 0.3) is 0 Å². The van der Waals surface area contributed by atoms with Crippen LogP contribution in [0.2, 0.25) is 0 Å². The number of phenolic OH excluding ortho intramolecular Hbond substituents is 1. The standard InChI is InChI=1S/C11H14O2/c1-2-8-3-4-10(12)9(7-8)11(13)5-6-11/h3-4,7,12-13H,2,5-6H2,1H3. The Kier molecular flexibility index (Phi) is 1.81. The van der Waals surface area contributed by atoms with Crippen LogP contribution in [-0.2, 0) is 12.0 Å². The summed E-state index contributed by atoms with van der Waals surface area (Å²) in [5, 5.41) is 19.4. The second-order valence-electron chi connectivity index (χ2n) is 3.74. The minimum Gasteiger partial charge on any atom is -0.508 e. The molecule has 0 unspecified atom stereocenters. The maximum Gasteiger partial charge on any atom is 0.121 e. The Labute approximate surface area is 77.8 Å². The summed E-state index contributed by atoms with van der Waals surface area (Å²) in [5.74, 6) is 0.220. The summed E-state index contributed by atoms with van der Waals surface area (Å²) < 4.78 is 0. The van der Waals surface area contributed by atoms with Crippen LogP contribution in [0, 0.1) is 0 Å². The van der Waals surface area contributed by atoms with E-state index in [1.165, 1.54) is 0 Å². The molecule has 1 aliphatic carbocycles. The van der Waals surface area contributed by atoms with E-state index in [0.29, 0.717) is 5.56 Å². The van der Waals surface area contributed by atoms with Gasteiger partial charge < -0.3 is 10.2 Å². The van der Waals surface area contributed by atoms with Crippen LogP contribution >= 0.6 is 0 Å². The molecule has 0 spiro atoms. The molecule has 2 rings (SSSR count). The largest absolute Gasteiger partial charge is 0.508 e.